The predicted octanol–water partition coefficient (Wildman–Crippen LogP) is 0.618. The van der Waals surface area contributed by atoms with Crippen LogP contribution in [-0.4, -0.2) is 73.8 Å². The van der Waals surface area contributed by atoms with E-state index >= 15 is 0 Å². The molecule has 22 heavy (non-hydrogen) atoms. The van der Waals surface area contributed by atoms with Crippen LogP contribution in [0, 0.1) is 0 Å². The summed E-state index contributed by atoms with van der Waals surface area (Å²) < 4.78 is 4.99. The fraction of sp³-hybridized carbons (Fsp3) is 0.667. The molecule has 1 aliphatic rings. The molecule has 2 heterocycles. The van der Waals surface area contributed by atoms with Crippen LogP contribution in [0.4, 0.5) is 11.6 Å². The van der Waals surface area contributed by atoms with E-state index in [0.29, 0.717) is 13.2 Å². The number of ether oxygens (including phenoxy) is 1. The second-order valence-corrected chi connectivity index (χ2v) is 5.32. The minimum Gasteiger partial charge on any atom is -0.465 e. The first-order chi connectivity index (χ1) is 10.6. The van der Waals surface area contributed by atoms with Crippen molar-refractivity contribution in [2.24, 2.45) is 0 Å². The Hall–Kier alpha value is -1.89. The number of carbonyl (C=O) groups excluding carboxylic acids is 1. The maximum absolute atomic E-state index is 11.5. The van der Waals surface area contributed by atoms with Crippen molar-refractivity contribution >= 4 is 17.6 Å². The van der Waals surface area contributed by atoms with Gasteiger partial charge in [0.1, 0.15) is 18.0 Å². The molecule has 0 N–H and O–H groups in total. The fourth-order valence-corrected chi connectivity index (χ4v) is 2.41. The Morgan fingerprint density at radius 1 is 1.27 bits per heavy atom. The van der Waals surface area contributed by atoms with E-state index in [2.05, 4.69) is 31.6 Å². The lowest BCUT2D eigenvalue weighted by molar-refractivity contribution is -0.144. The summed E-state index contributed by atoms with van der Waals surface area (Å²) in [6, 6.07) is 2.02. The Morgan fingerprint density at radius 2 is 2.00 bits per heavy atom. The predicted molar refractivity (Wildman–Crippen MR) is 86.3 cm³/mol. The molecule has 2 rings (SSSR count). The summed E-state index contributed by atoms with van der Waals surface area (Å²) in [7, 11) is 2.02. The third-order valence-corrected chi connectivity index (χ3v) is 3.86. The number of carbonyl (C=O) groups is 1. The van der Waals surface area contributed by atoms with Crippen LogP contribution in [0.25, 0.3) is 0 Å². The van der Waals surface area contributed by atoms with Gasteiger partial charge in [-0.15, -0.1) is 0 Å². The first-order valence-corrected chi connectivity index (χ1v) is 7.80. The molecule has 0 bridgehead atoms. The highest BCUT2D eigenvalue weighted by Gasteiger charge is 2.20. The van der Waals surface area contributed by atoms with E-state index in [1.54, 1.807) is 6.33 Å². The van der Waals surface area contributed by atoms with E-state index in [1.165, 1.54) is 0 Å². The van der Waals surface area contributed by atoms with Gasteiger partial charge < -0.3 is 14.5 Å². The summed E-state index contributed by atoms with van der Waals surface area (Å²) in [6.45, 7) is 9.01. The second kappa shape index (κ2) is 7.93. The number of nitrogens with zero attached hydrogens (tertiary/aromatic N) is 5. The van der Waals surface area contributed by atoms with Gasteiger partial charge in [0, 0.05) is 45.8 Å². The molecule has 0 amide bonds. The molecule has 1 saturated heterocycles. The summed E-state index contributed by atoms with van der Waals surface area (Å²) in [5.74, 6) is 1.73. The first kappa shape index (κ1) is 16.5. The summed E-state index contributed by atoms with van der Waals surface area (Å²) in [4.78, 5) is 26.6. The van der Waals surface area contributed by atoms with Gasteiger partial charge in [-0.25, -0.2) is 9.97 Å². The van der Waals surface area contributed by atoms with Gasteiger partial charge in [0.05, 0.1) is 13.2 Å². The Balaban J connectivity index is 1.90. The molecule has 1 aromatic heterocycles. The number of rotatable bonds is 6. The van der Waals surface area contributed by atoms with E-state index < -0.39 is 0 Å². The lowest BCUT2D eigenvalue weighted by atomic mass is 10.3. The molecule has 1 aromatic rings. The van der Waals surface area contributed by atoms with Crippen LogP contribution in [0.5, 0.6) is 0 Å². The van der Waals surface area contributed by atoms with E-state index in [-0.39, 0.29) is 5.97 Å². The highest BCUT2D eigenvalue weighted by Crippen LogP contribution is 2.18. The zero-order valence-corrected chi connectivity index (χ0v) is 13.7. The van der Waals surface area contributed by atoms with Crippen molar-refractivity contribution in [3.63, 3.8) is 0 Å². The SMILES string of the molecule is CCOC(=O)CN1CCN(c2cc(N(C)CC)ncn2)CC1. The normalized spacial score (nSPS) is 15.7. The van der Waals surface area contributed by atoms with Gasteiger partial charge >= 0.3 is 5.97 Å². The molecule has 1 fully saturated rings. The van der Waals surface area contributed by atoms with Crippen LogP contribution >= 0.6 is 0 Å². The van der Waals surface area contributed by atoms with Gasteiger partial charge in [-0.05, 0) is 13.8 Å². The average Bonchev–Trinajstić information content (AvgIpc) is 2.55. The van der Waals surface area contributed by atoms with Crippen molar-refractivity contribution in [3.8, 4) is 0 Å². The third-order valence-electron chi connectivity index (χ3n) is 3.86. The quantitative estimate of drug-likeness (QED) is 0.714. The number of hydrogen-bond donors (Lipinski definition) is 0. The van der Waals surface area contributed by atoms with E-state index in [4.69, 9.17) is 4.74 Å². The first-order valence-electron chi connectivity index (χ1n) is 7.80. The molecule has 0 atom stereocenters. The highest BCUT2D eigenvalue weighted by molar-refractivity contribution is 5.71. The maximum Gasteiger partial charge on any atom is 0.320 e. The van der Waals surface area contributed by atoms with E-state index in [1.807, 2.05) is 20.0 Å². The Kier molecular flexibility index (Phi) is 5.94. The molecular weight excluding hydrogens is 282 g/mol. The van der Waals surface area contributed by atoms with Crippen LogP contribution in [0.15, 0.2) is 12.4 Å². The zero-order chi connectivity index (χ0) is 15.9. The number of hydrogen-bond acceptors (Lipinski definition) is 7. The van der Waals surface area contributed by atoms with Gasteiger partial charge in [-0.1, -0.05) is 0 Å². The molecule has 1 aliphatic heterocycles. The Labute approximate surface area is 131 Å². The van der Waals surface area contributed by atoms with E-state index in [0.717, 1.165) is 44.4 Å². The lowest BCUT2D eigenvalue weighted by Gasteiger charge is -2.35. The molecule has 7 nitrogen and oxygen atoms in total. The number of aromatic nitrogens is 2. The van der Waals surface area contributed by atoms with Crippen LogP contribution in [0.1, 0.15) is 13.8 Å². The molecule has 122 valence electrons. The maximum atomic E-state index is 11.5. The number of esters is 1. The molecule has 0 radical (unpaired) electrons. The molecule has 0 aromatic carbocycles. The number of anilines is 2. The number of piperazine rings is 1. The Morgan fingerprint density at radius 3 is 2.64 bits per heavy atom. The van der Waals surface area contributed by atoms with Crippen molar-refractivity contribution in [3.05, 3.63) is 12.4 Å². The highest BCUT2D eigenvalue weighted by atomic mass is 16.5. The smallest absolute Gasteiger partial charge is 0.320 e. The van der Waals surface area contributed by atoms with Gasteiger partial charge in [0.15, 0.2) is 0 Å². The summed E-state index contributed by atoms with van der Waals surface area (Å²) in [5, 5.41) is 0. The molecule has 0 aliphatic carbocycles. The second-order valence-electron chi connectivity index (χ2n) is 5.32. The van der Waals surface area contributed by atoms with Gasteiger partial charge in [0.2, 0.25) is 0 Å². The average molecular weight is 307 g/mol. The summed E-state index contributed by atoms with van der Waals surface area (Å²) in [5.41, 5.74) is 0. The van der Waals surface area contributed by atoms with E-state index in [9.17, 15) is 4.79 Å². The van der Waals surface area contributed by atoms with Crippen molar-refractivity contribution in [2.45, 2.75) is 13.8 Å². The lowest BCUT2D eigenvalue weighted by Crippen LogP contribution is -2.48. The molecular formula is C15H25N5O2. The van der Waals surface area contributed by atoms with Crippen molar-refractivity contribution in [2.75, 3.05) is 62.7 Å². The monoisotopic (exact) mass is 307 g/mol. The van der Waals surface area contributed by atoms with Crippen LogP contribution in [0.2, 0.25) is 0 Å². The van der Waals surface area contributed by atoms with Crippen molar-refractivity contribution in [1.82, 2.24) is 14.9 Å². The minimum atomic E-state index is -0.148. The molecule has 7 heteroatoms. The Bertz CT molecular complexity index is 489. The third kappa shape index (κ3) is 4.30. The topological polar surface area (TPSA) is 61.8 Å². The fourth-order valence-electron chi connectivity index (χ4n) is 2.41. The summed E-state index contributed by atoms with van der Waals surface area (Å²) in [6.07, 6.45) is 1.61. The largest absolute Gasteiger partial charge is 0.465 e. The standard InChI is InChI=1S/C15H25N5O2/c1-4-18(3)13-10-14(17-12-16-13)20-8-6-19(7-9-20)11-15(21)22-5-2/h10,12H,4-9,11H2,1-3H3. The van der Waals surface area contributed by atoms with Gasteiger partial charge in [0.25, 0.3) is 0 Å². The van der Waals surface area contributed by atoms with Gasteiger partial charge in [-0.3, -0.25) is 9.69 Å². The molecule has 0 spiro atoms. The summed E-state index contributed by atoms with van der Waals surface area (Å²) >= 11 is 0. The van der Waals surface area contributed by atoms with Crippen LogP contribution in [0.3, 0.4) is 0 Å². The van der Waals surface area contributed by atoms with Crippen LogP contribution < -0.4 is 9.80 Å². The minimum absolute atomic E-state index is 0.148. The van der Waals surface area contributed by atoms with Crippen molar-refractivity contribution < 1.29 is 9.53 Å². The van der Waals surface area contributed by atoms with Gasteiger partial charge in [-0.2, -0.15) is 0 Å². The zero-order valence-electron chi connectivity index (χ0n) is 13.7. The molecule has 0 unspecified atom stereocenters. The molecule has 0 saturated carbocycles. The van der Waals surface area contributed by atoms with Crippen LogP contribution in [-0.2, 0) is 9.53 Å². The van der Waals surface area contributed by atoms with Crippen molar-refractivity contribution in [1.29, 1.82) is 0 Å².